The Morgan fingerprint density at radius 1 is 1.45 bits per heavy atom. The number of hydrogen-bond donors (Lipinski definition) is 0. The van der Waals surface area contributed by atoms with Gasteiger partial charge in [-0.2, -0.15) is 0 Å². The number of nitrogens with zero attached hydrogens (tertiary/aromatic N) is 1. The molecule has 0 unspecified atom stereocenters. The molecule has 0 fully saturated rings. The van der Waals surface area contributed by atoms with Crippen LogP contribution in [0.2, 0.25) is 0 Å². The predicted octanol–water partition coefficient (Wildman–Crippen LogP) is 2.96. The molecule has 1 aromatic heterocycles. The minimum Gasteiger partial charge on any atom is -0.466 e. The molecule has 0 amide bonds. The molecule has 1 heterocycles. The lowest BCUT2D eigenvalue weighted by molar-refractivity contribution is -0.276. The molecule has 0 spiro atoms. The van der Waals surface area contributed by atoms with Gasteiger partial charge in [-0.05, 0) is 13.0 Å². The number of ether oxygens (including phenoxy) is 2. The number of esters is 1. The Morgan fingerprint density at radius 3 is 2.60 bits per heavy atom. The molecule has 0 aliphatic rings. The van der Waals surface area contributed by atoms with Gasteiger partial charge in [-0.25, -0.2) is 9.37 Å². The first-order valence-corrected chi connectivity index (χ1v) is 5.96. The number of carbonyl (C=O) groups is 1. The van der Waals surface area contributed by atoms with E-state index in [1.165, 1.54) is 0 Å². The van der Waals surface area contributed by atoms with E-state index in [9.17, 15) is 22.4 Å². The highest BCUT2D eigenvalue weighted by atomic mass is 35.5. The van der Waals surface area contributed by atoms with Gasteiger partial charge in [0, 0.05) is 0 Å². The topological polar surface area (TPSA) is 48.4 Å². The molecule has 0 aromatic carbocycles. The highest BCUT2D eigenvalue weighted by Gasteiger charge is 2.33. The number of alkyl halides is 4. The SMILES string of the molecule is CCOC(=O)Cc1cc(F)c(CCl)c(OC(F)(F)F)n1. The first-order valence-electron chi connectivity index (χ1n) is 5.42. The molecule has 0 N–H and O–H groups in total. The molecular weight excluding hydrogens is 306 g/mol. The minimum absolute atomic E-state index is 0.0903. The molecule has 0 atom stereocenters. The van der Waals surface area contributed by atoms with Crippen molar-refractivity contribution in [2.24, 2.45) is 0 Å². The van der Waals surface area contributed by atoms with E-state index in [0.717, 1.165) is 6.07 Å². The predicted molar refractivity (Wildman–Crippen MR) is 60.8 cm³/mol. The molecule has 0 aliphatic carbocycles. The van der Waals surface area contributed by atoms with Crippen molar-refractivity contribution in [1.29, 1.82) is 0 Å². The van der Waals surface area contributed by atoms with E-state index in [1.54, 1.807) is 6.92 Å². The summed E-state index contributed by atoms with van der Waals surface area (Å²) >= 11 is 5.36. The molecule has 1 rings (SSSR count). The van der Waals surface area contributed by atoms with Crippen LogP contribution in [0.3, 0.4) is 0 Å². The van der Waals surface area contributed by atoms with Crippen LogP contribution in [-0.4, -0.2) is 23.9 Å². The van der Waals surface area contributed by atoms with E-state index in [1.807, 2.05) is 0 Å². The van der Waals surface area contributed by atoms with Gasteiger partial charge in [0.25, 0.3) is 0 Å². The number of aromatic nitrogens is 1. The van der Waals surface area contributed by atoms with Crippen LogP contribution in [-0.2, 0) is 21.8 Å². The highest BCUT2D eigenvalue weighted by molar-refractivity contribution is 6.17. The van der Waals surface area contributed by atoms with Gasteiger partial charge in [-0.1, -0.05) is 0 Å². The van der Waals surface area contributed by atoms with E-state index in [0.29, 0.717) is 0 Å². The van der Waals surface area contributed by atoms with Gasteiger partial charge >= 0.3 is 12.3 Å². The van der Waals surface area contributed by atoms with E-state index >= 15 is 0 Å². The standard InChI is InChI=1S/C11H10ClF4NO3/c1-2-19-9(18)4-6-3-8(13)7(5-12)10(17-6)20-11(14,15)16/h3H,2,4-5H2,1H3. The van der Waals surface area contributed by atoms with Crippen molar-refractivity contribution in [3.63, 3.8) is 0 Å². The number of rotatable bonds is 5. The first kappa shape index (κ1) is 16.5. The Balaban J connectivity index is 3.07. The van der Waals surface area contributed by atoms with Gasteiger partial charge in [0.1, 0.15) is 5.82 Å². The molecular formula is C11H10ClF4NO3. The Kier molecular flexibility index (Phi) is 5.55. The Labute approximate surface area is 116 Å². The van der Waals surface area contributed by atoms with Crippen LogP contribution in [0.15, 0.2) is 6.07 Å². The van der Waals surface area contributed by atoms with Gasteiger partial charge in [0.2, 0.25) is 5.88 Å². The second-order valence-electron chi connectivity index (χ2n) is 3.54. The molecule has 0 aliphatic heterocycles. The zero-order chi connectivity index (χ0) is 15.3. The van der Waals surface area contributed by atoms with Gasteiger partial charge in [-0.15, -0.1) is 24.8 Å². The van der Waals surface area contributed by atoms with E-state index in [2.05, 4.69) is 14.5 Å². The summed E-state index contributed by atoms with van der Waals surface area (Å²) in [6.07, 6.45) is -5.51. The van der Waals surface area contributed by atoms with Gasteiger partial charge in [-0.3, -0.25) is 4.79 Å². The maximum absolute atomic E-state index is 13.6. The number of carbonyl (C=O) groups excluding carboxylic acids is 1. The van der Waals surface area contributed by atoms with Crippen LogP contribution in [0.1, 0.15) is 18.2 Å². The van der Waals surface area contributed by atoms with Crippen LogP contribution in [0.4, 0.5) is 17.6 Å². The largest absolute Gasteiger partial charge is 0.574 e. The normalized spacial score (nSPS) is 11.3. The van der Waals surface area contributed by atoms with E-state index in [-0.39, 0.29) is 12.3 Å². The van der Waals surface area contributed by atoms with Crippen molar-refractivity contribution in [3.8, 4) is 5.88 Å². The summed E-state index contributed by atoms with van der Waals surface area (Å²) in [5.74, 6) is -3.33. The number of pyridine rings is 1. The Hall–Kier alpha value is -1.57. The average Bonchev–Trinajstić information content (AvgIpc) is 2.26. The van der Waals surface area contributed by atoms with Crippen LogP contribution in [0.5, 0.6) is 5.88 Å². The van der Waals surface area contributed by atoms with Crippen molar-refractivity contribution in [2.75, 3.05) is 6.61 Å². The lowest BCUT2D eigenvalue weighted by Crippen LogP contribution is -2.20. The smallest absolute Gasteiger partial charge is 0.466 e. The minimum atomic E-state index is -5.04. The van der Waals surface area contributed by atoms with Crippen LogP contribution < -0.4 is 4.74 Å². The van der Waals surface area contributed by atoms with Crippen molar-refractivity contribution in [2.45, 2.75) is 25.6 Å². The third-order valence-electron chi connectivity index (χ3n) is 2.06. The third-order valence-corrected chi connectivity index (χ3v) is 2.33. The van der Waals surface area contributed by atoms with Crippen LogP contribution in [0, 0.1) is 5.82 Å². The lowest BCUT2D eigenvalue weighted by Gasteiger charge is -2.13. The van der Waals surface area contributed by atoms with Crippen LogP contribution in [0.25, 0.3) is 0 Å². The summed E-state index contributed by atoms with van der Waals surface area (Å²) < 4.78 is 58.3. The molecule has 1 aromatic rings. The maximum Gasteiger partial charge on any atom is 0.574 e. The number of halogens is 5. The zero-order valence-electron chi connectivity index (χ0n) is 10.3. The van der Waals surface area contributed by atoms with Gasteiger partial charge in [0.15, 0.2) is 0 Å². The zero-order valence-corrected chi connectivity index (χ0v) is 11.0. The fraction of sp³-hybridized carbons (Fsp3) is 0.455. The molecule has 4 nitrogen and oxygen atoms in total. The summed E-state index contributed by atoms with van der Waals surface area (Å²) in [7, 11) is 0. The summed E-state index contributed by atoms with van der Waals surface area (Å²) in [4.78, 5) is 14.6. The van der Waals surface area contributed by atoms with Crippen molar-refractivity contribution in [1.82, 2.24) is 4.98 Å². The van der Waals surface area contributed by atoms with Gasteiger partial charge in [0.05, 0.1) is 30.2 Å². The van der Waals surface area contributed by atoms with Crippen molar-refractivity contribution >= 4 is 17.6 Å². The van der Waals surface area contributed by atoms with Gasteiger partial charge < -0.3 is 9.47 Å². The molecule has 0 saturated carbocycles. The Morgan fingerprint density at radius 2 is 2.10 bits per heavy atom. The fourth-order valence-electron chi connectivity index (χ4n) is 1.33. The summed E-state index contributed by atoms with van der Waals surface area (Å²) in [5.41, 5.74) is -0.773. The molecule has 0 radical (unpaired) electrons. The molecule has 112 valence electrons. The average molecular weight is 316 g/mol. The molecule has 9 heteroatoms. The monoisotopic (exact) mass is 315 g/mol. The van der Waals surface area contributed by atoms with E-state index < -0.39 is 41.9 Å². The second-order valence-corrected chi connectivity index (χ2v) is 3.81. The quantitative estimate of drug-likeness (QED) is 0.476. The fourth-order valence-corrected chi connectivity index (χ4v) is 1.57. The van der Waals surface area contributed by atoms with E-state index in [4.69, 9.17) is 11.6 Å². The molecule has 0 bridgehead atoms. The maximum atomic E-state index is 13.6. The van der Waals surface area contributed by atoms with Crippen molar-refractivity contribution < 1.29 is 31.8 Å². The summed E-state index contributed by atoms with van der Waals surface area (Å²) in [6.45, 7) is 1.65. The first-order chi connectivity index (χ1) is 9.26. The summed E-state index contributed by atoms with van der Waals surface area (Å²) in [6, 6.07) is 0.817. The van der Waals surface area contributed by atoms with Crippen molar-refractivity contribution in [3.05, 3.63) is 23.1 Å². The Bertz CT molecular complexity index is 493. The second kappa shape index (κ2) is 6.74. The number of hydrogen-bond acceptors (Lipinski definition) is 4. The summed E-state index contributed by atoms with van der Waals surface area (Å²) in [5, 5.41) is 0. The molecule has 0 saturated heterocycles. The lowest BCUT2D eigenvalue weighted by atomic mass is 10.2. The third kappa shape index (κ3) is 4.84. The molecule has 20 heavy (non-hydrogen) atoms. The van der Waals surface area contributed by atoms with Crippen LogP contribution >= 0.6 is 11.6 Å². The highest BCUT2D eigenvalue weighted by Crippen LogP contribution is 2.28.